The van der Waals surface area contributed by atoms with Crippen LogP contribution in [0.15, 0.2) is 24.3 Å². The molecule has 0 radical (unpaired) electrons. The Balaban J connectivity index is 2.11. The van der Waals surface area contributed by atoms with E-state index in [1.807, 2.05) is 12.1 Å². The summed E-state index contributed by atoms with van der Waals surface area (Å²) in [6, 6.07) is 6.81. The number of aliphatic hydroxyl groups excluding tert-OH is 1. The van der Waals surface area contributed by atoms with E-state index in [9.17, 15) is 14.7 Å². The highest BCUT2D eigenvalue weighted by Crippen LogP contribution is 2.16. The van der Waals surface area contributed by atoms with Gasteiger partial charge in [0.1, 0.15) is 0 Å². The highest BCUT2D eigenvalue weighted by molar-refractivity contribution is 5.68. The number of hydrogen-bond donors (Lipinski definition) is 3. The predicted octanol–water partition coefficient (Wildman–Crippen LogP) is 1.06. The van der Waals surface area contributed by atoms with Crippen molar-refractivity contribution in [2.75, 3.05) is 19.6 Å². The van der Waals surface area contributed by atoms with Crippen LogP contribution >= 0.6 is 0 Å². The topological polar surface area (TPSA) is 101 Å². The van der Waals surface area contributed by atoms with E-state index in [4.69, 9.17) is 10.2 Å². The van der Waals surface area contributed by atoms with Crippen LogP contribution in [-0.4, -0.2) is 63.0 Å². The van der Waals surface area contributed by atoms with Gasteiger partial charge in [-0.3, -0.25) is 0 Å². The van der Waals surface area contributed by atoms with E-state index in [1.165, 1.54) is 9.80 Å². The molecule has 0 spiro atoms. The van der Waals surface area contributed by atoms with E-state index >= 15 is 0 Å². The number of benzene rings is 1. The van der Waals surface area contributed by atoms with Crippen molar-refractivity contribution in [2.45, 2.75) is 19.1 Å². The van der Waals surface area contributed by atoms with Crippen LogP contribution in [-0.2, 0) is 13.0 Å². The maximum Gasteiger partial charge on any atom is 0.407 e. The number of carboxylic acid groups (broad SMARTS) is 2. The number of nitrogens with zero attached hydrogens (tertiary/aromatic N) is 2. The van der Waals surface area contributed by atoms with Gasteiger partial charge >= 0.3 is 12.2 Å². The minimum atomic E-state index is -1.03. The minimum Gasteiger partial charge on any atom is -0.465 e. The van der Waals surface area contributed by atoms with E-state index in [0.29, 0.717) is 6.42 Å². The summed E-state index contributed by atoms with van der Waals surface area (Å²) in [6.07, 6.45) is -1.61. The van der Waals surface area contributed by atoms with Crippen LogP contribution in [0.5, 0.6) is 0 Å². The Hall–Kier alpha value is -2.28. The second-order valence-electron chi connectivity index (χ2n) is 5.04. The first-order valence-corrected chi connectivity index (χ1v) is 6.67. The van der Waals surface area contributed by atoms with Gasteiger partial charge in [0, 0.05) is 19.6 Å². The van der Waals surface area contributed by atoms with Gasteiger partial charge in [0.15, 0.2) is 0 Å². The molecule has 1 aliphatic heterocycles. The molecule has 21 heavy (non-hydrogen) atoms. The van der Waals surface area contributed by atoms with Crippen molar-refractivity contribution in [1.82, 2.24) is 9.80 Å². The number of rotatable bonds is 3. The summed E-state index contributed by atoms with van der Waals surface area (Å²) in [5.41, 5.74) is 1.69. The lowest BCUT2D eigenvalue weighted by Crippen LogP contribution is -2.56. The fourth-order valence-electron chi connectivity index (χ4n) is 2.51. The standard InChI is InChI=1S/C14H18N2O5/c17-9-11-3-1-10(2-4-11)7-12-8-15(13(18)19)5-6-16(12)14(20)21/h1-4,12,17H,5-9H2,(H,18,19)(H,20,21)/t12-/m1/s1. The van der Waals surface area contributed by atoms with Gasteiger partial charge in [0.25, 0.3) is 0 Å². The molecular weight excluding hydrogens is 276 g/mol. The second kappa shape index (κ2) is 6.45. The van der Waals surface area contributed by atoms with Crippen molar-refractivity contribution < 1.29 is 24.9 Å². The Morgan fingerprint density at radius 1 is 1.05 bits per heavy atom. The van der Waals surface area contributed by atoms with Crippen LogP contribution < -0.4 is 0 Å². The first-order chi connectivity index (χ1) is 10.0. The molecule has 0 saturated carbocycles. The summed E-state index contributed by atoms with van der Waals surface area (Å²) >= 11 is 0. The third kappa shape index (κ3) is 3.63. The van der Waals surface area contributed by atoms with Gasteiger partial charge in [-0.05, 0) is 17.5 Å². The molecule has 1 heterocycles. The number of carbonyl (C=O) groups is 2. The van der Waals surface area contributed by atoms with Gasteiger partial charge in [-0.1, -0.05) is 24.3 Å². The molecule has 3 N–H and O–H groups in total. The number of amides is 2. The van der Waals surface area contributed by atoms with E-state index in [0.717, 1.165) is 11.1 Å². The SMILES string of the molecule is O=C(O)N1CCN(C(=O)O)[C@H](Cc2ccc(CO)cc2)C1. The maximum atomic E-state index is 11.3. The molecule has 1 aromatic rings. The van der Waals surface area contributed by atoms with Gasteiger partial charge < -0.3 is 25.1 Å². The van der Waals surface area contributed by atoms with E-state index in [-0.39, 0.29) is 26.2 Å². The summed E-state index contributed by atoms with van der Waals surface area (Å²) < 4.78 is 0. The first-order valence-electron chi connectivity index (χ1n) is 6.67. The Morgan fingerprint density at radius 2 is 1.67 bits per heavy atom. The number of piperazine rings is 1. The van der Waals surface area contributed by atoms with Gasteiger partial charge in [0.05, 0.1) is 12.6 Å². The van der Waals surface area contributed by atoms with Crippen molar-refractivity contribution in [1.29, 1.82) is 0 Å². The zero-order chi connectivity index (χ0) is 15.4. The molecule has 0 bridgehead atoms. The van der Waals surface area contributed by atoms with Crippen LogP contribution in [0.25, 0.3) is 0 Å². The zero-order valence-corrected chi connectivity index (χ0v) is 11.5. The summed E-state index contributed by atoms with van der Waals surface area (Å²) in [4.78, 5) is 24.8. The molecule has 1 aliphatic rings. The Bertz CT molecular complexity index is 517. The first kappa shape index (κ1) is 15.1. The highest BCUT2D eigenvalue weighted by atomic mass is 16.4. The molecule has 2 amide bonds. The lowest BCUT2D eigenvalue weighted by atomic mass is 10.0. The number of hydrogen-bond acceptors (Lipinski definition) is 3. The van der Waals surface area contributed by atoms with Crippen molar-refractivity contribution in [3.8, 4) is 0 Å². The molecule has 0 aromatic heterocycles. The quantitative estimate of drug-likeness (QED) is 0.774. The van der Waals surface area contributed by atoms with E-state index in [1.54, 1.807) is 12.1 Å². The molecular formula is C14H18N2O5. The summed E-state index contributed by atoms with van der Waals surface area (Å²) in [5.74, 6) is 0. The predicted molar refractivity (Wildman–Crippen MR) is 74.2 cm³/mol. The Morgan fingerprint density at radius 3 is 2.19 bits per heavy atom. The van der Waals surface area contributed by atoms with Crippen molar-refractivity contribution in [2.24, 2.45) is 0 Å². The van der Waals surface area contributed by atoms with Crippen LogP contribution in [0.4, 0.5) is 9.59 Å². The largest absolute Gasteiger partial charge is 0.465 e. The van der Waals surface area contributed by atoms with Gasteiger partial charge in [-0.25, -0.2) is 9.59 Å². The van der Waals surface area contributed by atoms with Crippen molar-refractivity contribution in [3.05, 3.63) is 35.4 Å². The second-order valence-corrected chi connectivity index (χ2v) is 5.04. The monoisotopic (exact) mass is 294 g/mol. The highest BCUT2D eigenvalue weighted by Gasteiger charge is 2.32. The van der Waals surface area contributed by atoms with Gasteiger partial charge in [-0.15, -0.1) is 0 Å². The Kier molecular flexibility index (Phi) is 4.64. The average molecular weight is 294 g/mol. The molecule has 7 nitrogen and oxygen atoms in total. The summed E-state index contributed by atoms with van der Waals surface area (Å²) in [6.45, 7) is 0.504. The molecule has 0 aliphatic carbocycles. The smallest absolute Gasteiger partial charge is 0.407 e. The third-order valence-electron chi connectivity index (χ3n) is 3.68. The zero-order valence-electron chi connectivity index (χ0n) is 11.5. The molecule has 1 fully saturated rings. The lowest BCUT2D eigenvalue weighted by molar-refractivity contribution is 0.0639. The molecule has 1 aromatic carbocycles. The fraction of sp³-hybridized carbons (Fsp3) is 0.429. The van der Waals surface area contributed by atoms with E-state index < -0.39 is 18.2 Å². The molecule has 1 atom stereocenters. The van der Waals surface area contributed by atoms with Crippen LogP contribution in [0.1, 0.15) is 11.1 Å². The van der Waals surface area contributed by atoms with Crippen LogP contribution in [0, 0.1) is 0 Å². The summed E-state index contributed by atoms with van der Waals surface area (Å²) in [7, 11) is 0. The molecule has 2 rings (SSSR count). The van der Waals surface area contributed by atoms with Crippen molar-refractivity contribution >= 4 is 12.2 Å². The van der Waals surface area contributed by atoms with Gasteiger partial charge in [0.2, 0.25) is 0 Å². The third-order valence-corrected chi connectivity index (χ3v) is 3.68. The van der Waals surface area contributed by atoms with Crippen LogP contribution in [0.3, 0.4) is 0 Å². The van der Waals surface area contributed by atoms with Crippen molar-refractivity contribution in [3.63, 3.8) is 0 Å². The Labute approximate surface area is 122 Å². The van der Waals surface area contributed by atoms with E-state index in [2.05, 4.69) is 0 Å². The molecule has 114 valence electrons. The minimum absolute atomic E-state index is 0.0439. The maximum absolute atomic E-state index is 11.3. The summed E-state index contributed by atoms with van der Waals surface area (Å²) in [5, 5.41) is 27.3. The van der Waals surface area contributed by atoms with Crippen LogP contribution in [0.2, 0.25) is 0 Å². The normalized spacial score (nSPS) is 18.6. The fourth-order valence-corrected chi connectivity index (χ4v) is 2.51. The number of aliphatic hydroxyl groups is 1. The molecule has 7 heteroatoms. The molecule has 0 unspecified atom stereocenters. The average Bonchev–Trinajstić information content (AvgIpc) is 2.47. The lowest BCUT2D eigenvalue weighted by Gasteiger charge is -2.38. The van der Waals surface area contributed by atoms with Gasteiger partial charge in [-0.2, -0.15) is 0 Å². The molecule has 1 saturated heterocycles.